The van der Waals surface area contributed by atoms with Crippen molar-refractivity contribution in [1.29, 1.82) is 0 Å². The minimum atomic E-state index is 0.592. The smallest absolute Gasteiger partial charge is 0.219 e. The Morgan fingerprint density at radius 2 is 2.32 bits per heavy atom. The molecular formula is C16H19N5O. The molecule has 6 heteroatoms. The SMILES string of the molecule is C=Cc1n[nH]c2ccc(-c3cnn(C)c3OCCNC)cc12. The van der Waals surface area contributed by atoms with E-state index in [1.807, 2.05) is 32.4 Å². The number of ether oxygens (including phenoxy) is 1. The van der Waals surface area contributed by atoms with E-state index in [0.29, 0.717) is 6.61 Å². The number of nitrogens with zero attached hydrogens (tertiary/aromatic N) is 3. The number of likely N-dealkylation sites (N-methyl/N-ethyl adjacent to an activating group) is 1. The molecular weight excluding hydrogens is 278 g/mol. The lowest BCUT2D eigenvalue weighted by molar-refractivity contribution is 0.292. The number of hydrogen-bond acceptors (Lipinski definition) is 4. The number of fused-ring (bicyclic) bond motifs is 1. The minimum Gasteiger partial charge on any atom is -0.476 e. The monoisotopic (exact) mass is 297 g/mol. The number of benzene rings is 1. The van der Waals surface area contributed by atoms with Crippen LogP contribution < -0.4 is 10.1 Å². The fourth-order valence-electron chi connectivity index (χ4n) is 2.40. The first-order chi connectivity index (χ1) is 10.7. The maximum atomic E-state index is 5.85. The molecule has 0 saturated carbocycles. The van der Waals surface area contributed by atoms with Crippen LogP contribution >= 0.6 is 0 Å². The summed E-state index contributed by atoms with van der Waals surface area (Å²) in [4.78, 5) is 0. The number of aromatic amines is 1. The second-order valence-electron chi connectivity index (χ2n) is 5.01. The second-order valence-corrected chi connectivity index (χ2v) is 5.01. The molecule has 0 saturated heterocycles. The highest BCUT2D eigenvalue weighted by molar-refractivity contribution is 5.90. The van der Waals surface area contributed by atoms with Crippen LogP contribution in [0.3, 0.4) is 0 Å². The van der Waals surface area contributed by atoms with Crippen molar-refractivity contribution in [2.24, 2.45) is 7.05 Å². The molecule has 114 valence electrons. The molecule has 3 aromatic rings. The molecule has 2 N–H and O–H groups in total. The highest BCUT2D eigenvalue weighted by Crippen LogP contribution is 2.32. The van der Waals surface area contributed by atoms with Crippen molar-refractivity contribution in [2.75, 3.05) is 20.2 Å². The maximum absolute atomic E-state index is 5.85. The van der Waals surface area contributed by atoms with Gasteiger partial charge >= 0.3 is 0 Å². The fourth-order valence-corrected chi connectivity index (χ4v) is 2.40. The van der Waals surface area contributed by atoms with Crippen LogP contribution in [0.1, 0.15) is 5.69 Å². The van der Waals surface area contributed by atoms with Crippen molar-refractivity contribution in [3.05, 3.63) is 36.7 Å². The van der Waals surface area contributed by atoms with E-state index in [2.05, 4.69) is 33.3 Å². The molecule has 0 fully saturated rings. The summed E-state index contributed by atoms with van der Waals surface area (Å²) in [5.41, 5.74) is 3.85. The van der Waals surface area contributed by atoms with E-state index in [1.165, 1.54) is 0 Å². The molecule has 0 aliphatic rings. The average Bonchev–Trinajstić information content (AvgIpc) is 3.11. The summed E-state index contributed by atoms with van der Waals surface area (Å²) in [5.74, 6) is 0.762. The number of aromatic nitrogens is 4. The second kappa shape index (κ2) is 6.03. The molecule has 0 aliphatic heterocycles. The fraction of sp³-hybridized carbons (Fsp3) is 0.250. The zero-order chi connectivity index (χ0) is 15.5. The first-order valence-corrected chi connectivity index (χ1v) is 7.15. The third kappa shape index (κ3) is 2.48. The van der Waals surface area contributed by atoms with E-state index in [9.17, 15) is 0 Å². The van der Waals surface area contributed by atoms with Crippen molar-refractivity contribution in [2.45, 2.75) is 0 Å². The predicted octanol–water partition coefficient (Wildman–Crippen LogP) is 2.20. The van der Waals surface area contributed by atoms with Crippen LogP contribution in [0.15, 0.2) is 31.0 Å². The van der Waals surface area contributed by atoms with E-state index in [0.717, 1.165) is 40.1 Å². The van der Waals surface area contributed by atoms with E-state index in [4.69, 9.17) is 4.74 Å². The van der Waals surface area contributed by atoms with Crippen molar-refractivity contribution >= 4 is 17.0 Å². The Hall–Kier alpha value is -2.60. The van der Waals surface area contributed by atoms with E-state index in [1.54, 1.807) is 10.8 Å². The lowest BCUT2D eigenvalue weighted by Gasteiger charge is -2.09. The van der Waals surface area contributed by atoms with Crippen molar-refractivity contribution < 1.29 is 4.74 Å². The van der Waals surface area contributed by atoms with Crippen LogP contribution in [-0.4, -0.2) is 40.2 Å². The van der Waals surface area contributed by atoms with Gasteiger partial charge in [-0.15, -0.1) is 0 Å². The quantitative estimate of drug-likeness (QED) is 0.685. The summed E-state index contributed by atoms with van der Waals surface area (Å²) in [6.45, 7) is 5.17. The molecule has 6 nitrogen and oxygen atoms in total. The van der Waals surface area contributed by atoms with Crippen LogP contribution in [0, 0.1) is 0 Å². The van der Waals surface area contributed by atoms with E-state index < -0.39 is 0 Å². The average molecular weight is 297 g/mol. The molecule has 2 aromatic heterocycles. The van der Waals surface area contributed by atoms with Crippen LogP contribution in [-0.2, 0) is 7.05 Å². The molecule has 0 aliphatic carbocycles. The van der Waals surface area contributed by atoms with Gasteiger partial charge in [-0.2, -0.15) is 10.2 Å². The van der Waals surface area contributed by atoms with Gasteiger partial charge in [0.1, 0.15) is 6.61 Å². The Balaban J connectivity index is 2.01. The largest absolute Gasteiger partial charge is 0.476 e. The molecule has 0 unspecified atom stereocenters. The molecule has 3 rings (SSSR count). The summed E-state index contributed by atoms with van der Waals surface area (Å²) in [5, 5.41) is 15.6. The van der Waals surface area contributed by atoms with Gasteiger partial charge in [-0.1, -0.05) is 12.6 Å². The van der Waals surface area contributed by atoms with Gasteiger partial charge in [-0.25, -0.2) is 4.68 Å². The van der Waals surface area contributed by atoms with Gasteiger partial charge in [0.05, 0.1) is 23.0 Å². The maximum Gasteiger partial charge on any atom is 0.219 e. The summed E-state index contributed by atoms with van der Waals surface area (Å²) in [6, 6.07) is 6.13. The topological polar surface area (TPSA) is 67.8 Å². The van der Waals surface area contributed by atoms with Gasteiger partial charge in [0, 0.05) is 19.0 Å². The Morgan fingerprint density at radius 3 is 3.09 bits per heavy atom. The van der Waals surface area contributed by atoms with Gasteiger partial charge in [0.2, 0.25) is 5.88 Å². The van der Waals surface area contributed by atoms with Crippen LogP contribution in [0.25, 0.3) is 28.1 Å². The molecule has 0 spiro atoms. The molecule has 0 radical (unpaired) electrons. The zero-order valence-electron chi connectivity index (χ0n) is 12.8. The lowest BCUT2D eigenvalue weighted by atomic mass is 10.1. The van der Waals surface area contributed by atoms with Crippen LogP contribution in [0.5, 0.6) is 5.88 Å². The number of hydrogen-bond donors (Lipinski definition) is 2. The molecule has 1 aromatic carbocycles. The number of H-pyrrole nitrogens is 1. The number of aryl methyl sites for hydroxylation is 1. The zero-order valence-corrected chi connectivity index (χ0v) is 12.8. The van der Waals surface area contributed by atoms with Gasteiger partial charge in [-0.05, 0) is 30.8 Å². The predicted molar refractivity (Wildman–Crippen MR) is 87.8 cm³/mol. The van der Waals surface area contributed by atoms with E-state index in [-0.39, 0.29) is 0 Å². The van der Waals surface area contributed by atoms with Crippen molar-refractivity contribution in [3.8, 4) is 17.0 Å². The summed E-state index contributed by atoms with van der Waals surface area (Å²) < 4.78 is 7.60. The Kier molecular flexibility index (Phi) is 3.93. The van der Waals surface area contributed by atoms with Gasteiger partial charge in [-0.3, -0.25) is 5.10 Å². The summed E-state index contributed by atoms with van der Waals surface area (Å²) in [7, 11) is 3.78. The summed E-state index contributed by atoms with van der Waals surface area (Å²) >= 11 is 0. The number of nitrogens with one attached hydrogen (secondary N) is 2. The lowest BCUT2D eigenvalue weighted by Crippen LogP contribution is -2.17. The van der Waals surface area contributed by atoms with E-state index >= 15 is 0 Å². The molecule has 2 heterocycles. The van der Waals surface area contributed by atoms with Crippen molar-refractivity contribution in [3.63, 3.8) is 0 Å². The van der Waals surface area contributed by atoms with Crippen molar-refractivity contribution in [1.82, 2.24) is 25.3 Å². The highest BCUT2D eigenvalue weighted by Gasteiger charge is 2.13. The first kappa shape index (κ1) is 14.3. The molecule has 0 bridgehead atoms. The third-order valence-electron chi connectivity index (χ3n) is 3.57. The Bertz CT molecular complexity index is 802. The normalized spacial score (nSPS) is 11.0. The third-order valence-corrected chi connectivity index (χ3v) is 3.57. The van der Waals surface area contributed by atoms with Crippen LogP contribution in [0.4, 0.5) is 0 Å². The summed E-state index contributed by atoms with van der Waals surface area (Å²) in [6.07, 6.45) is 3.57. The minimum absolute atomic E-state index is 0.592. The molecule has 0 amide bonds. The number of rotatable bonds is 6. The van der Waals surface area contributed by atoms with Gasteiger partial charge in [0.15, 0.2) is 0 Å². The Labute approximate surface area is 128 Å². The Morgan fingerprint density at radius 1 is 1.45 bits per heavy atom. The standard InChI is InChI=1S/C16H19N5O/c1-4-14-12-9-11(5-6-15(12)20-19-14)13-10-18-21(3)16(13)22-8-7-17-2/h4-6,9-10,17H,1,7-8H2,2-3H3,(H,19,20). The molecule has 22 heavy (non-hydrogen) atoms. The highest BCUT2D eigenvalue weighted by atomic mass is 16.5. The first-order valence-electron chi connectivity index (χ1n) is 7.15. The van der Waals surface area contributed by atoms with Crippen LogP contribution in [0.2, 0.25) is 0 Å². The van der Waals surface area contributed by atoms with Gasteiger partial charge in [0.25, 0.3) is 0 Å². The molecule has 0 atom stereocenters. The van der Waals surface area contributed by atoms with Gasteiger partial charge < -0.3 is 10.1 Å².